The van der Waals surface area contributed by atoms with Gasteiger partial charge in [-0.15, -0.1) is 0 Å². The lowest BCUT2D eigenvalue weighted by atomic mass is 10.0. The van der Waals surface area contributed by atoms with Crippen LogP contribution in [0.25, 0.3) is 0 Å². The van der Waals surface area contributed by atoms with E-state index in [2.05, 4.69) is 32.1 Å². The van der Waals surface area contributed by atoms with Crippen LogP contribution in [-0.4, -0.2) is 60.7 Å². The molecule has 28 heavy (non-hydrogen) atoms. The second kappa shape index (κ2) is 8.88. The van der Waals surface area contributed by atoms with Gasteiger partial charge in [-0.2, -0.15) is 0 Å². The number of nitrogens with one attached hydrogen (secondary N) is 1. The number of likely N-dealkylation sites (tertiary alicyclic amines) is 1. The Morgan fingerprint density at radius 2 is 2.11 bits per heavy atom. The van der Waals surface area contributed by atoms with Crippen LogP contribution in [0.2, 0.25) is 0 Å². The van der Waals surface area contributed by atoms with E-state index in [0.29, 0.717) is 41.2 Å². The highest BCUT2D eigenvalue weighted by molar-refractivity contribution is 5.91. The first kappa shape index (κ1) is 19.9. The van der Waals surface area contributed by atoms with Gasteiger partial charge in [-0.05, 0) is 58.1 Å². The Labute approximate surface area is 165 Å². The molecule has 0 atom stereocenters. The Balaban J connectivity index is 1.78. The fourth-order valence-electron chi connectivity index (χ4n) is 3.40. The summed E-state index contributed by atoms with van der Waals surface area (Å²) < 4.78 is 5.06. The van der Waals surface area contributed by atoms with Gasteiger partial charge in [0.15, 0.2) is 11.6 Å². The maximum absolute atomic E-state index is 11.9. The maximum atomic E-state index is 11.9. The van der Waals surface area contributed by atoms with Gasteiger partial charge in [0, 0.05) is 18.8 Å². The van der Waals surface area contributed by atoms with Gasteiger partial charge < -0.3 is 25.6 Å². The molecule has 1 aliphatic rings. The van der Waals surface area contributed by atoms with E-state index in [1.165, 1.54) is 6.33 Å². The molecule has 8 heteroatoms. The first-order chi connectivity index (χ1) is 13.5. The summed E-state index contributed by atoms with van der Waals surface area (Å²) in [5.41, 5.74) is 8.06. The lowest BCUT2D eigenvalue weighted by Gasteiger charge is -2.36. The number of hydrogen-bond acceptors (Lipinski definition) is 8. The number of piperidine rings is 1. The number of carbonyl (C=O) groups excluding carboxylic acids is 1. The summed E-state index contributed by atoms with van der Waals surface area (Å²) in [7, 11) is 4.17. The van der Waals surface area contributed by atoms with E-state index in [4.69, 9.17) is 10.5 Å². The van der Waals surface area contributed by atoms with E-state index < -0.39 is 0 Å². The van der Waals surface area contributed by atoms with Crippen LogP contribution in [0, 0.1) is 0 Å². The summed E-state index contributed by atoms with van der Waals surface area (Å²) in [6.07, 6.45) is 3.65. The van der Waals surface area contributed by atoms with Gasteiger partial charge in [0.25, 0.3) is 0 Å². The lowest BCUT2D eigenvalue weighted by molar-refractivity contribution is 0.0526. The van der Waals surface area contributed by atoms with Gasteiger partial charge in [0.1, 0.15) is 12.0 Å². The molecule has 1 fully saturated rings. The number of ether oxygens (including phenoxy) is 1. The van der Waals surface area contributed by atoms with E-state index in [1.807, 2.05) is 13.1 Å². The monoisotopic (exact) mass is 384 g/mol. The molecule has 1 saturated heterocycles. The number of hydrogen-bond donors (Lipinski definition) is 2. The summed E-state index contributed by atoms with van der Waals surface area (Å²) in [5.74, 6) is 0.879. The fourth-order valence-corrected chi connectivity index (χ4v) is 3.40. The zero-order chi connectivity index (χ0) is 20.1. The van der Waals surface area contributed by atoms with Crippen molar-refractivity contribution in [2.45, 2.75) is 25.8 Å². The normalized spacial score (nSPS) is 15.2. The van der Waals surface area contributed by atoms with Crippen LogP contribution in [0.15, 0.2) is 30.6 Å². The van der Waals surface area contributed by atoms with Crippen molar-refractivity contribution in [2.75, 3.05) is 49.7 Å². The number of aromatic nitrogens is 2. The lowest BCUT2D eigenvalue weighted by Crippen LogP contribution is -2.42. The Kier molecular flexibility index (Phi) is 6.30. The second-order valence-electron chi connectivity index (χ2n) is 7.03. The molecule has 150 valence electrons. The van der Waals surface area contributed by atoms with Crippen LogP contribution in [0.3, 0.4) is 0 Å². The standard InChI is InChI=1S/C20H28N6O2/c1-4-28-20(27)14-6-5-7-15(12-14)24-18-17(21)19(23-13-22-18)26(3)16-8-10-25(2)11-9-16/h5-7,12-13,16H,4,8-11,21H2,1-3H3,(H,22,23,24). The molecule has 0 saturated carbocycles. The fraction of sp³-hybridized carbons (Fsp3) is 0.450. The predicted octanol–water partition coefficient (Wildman–Crippen LogP) is 2.51. The molecular formula is C20H28N6O2. The summed E-state index contributed by atoms with van der Waals surface area (Å²) >= 11 is 0. The zero-order valence-electron chi connectivity index (χ0n) is 16.7. The van der Waals surface area contributed by atoms with Crippen LogP contribution >= 0.6 is 0 Å². The molecule has 0 amide bonds. The Morgan fingerprint density at radius 1 is 1.36 bits per heavy atom. The van der Waals surface area contributed by atoms with Gasteiger partial charge >= 0.3 is 5.97 Å². The van der Waals surface area contributed by atoms with Gasteiger partial charge in [-0.1, -0.05) is 6.07 Å². The molecule has 0 unspecified atom stereocenters. The smallest absolute Gasteiger partial charge is 0.338 e. The molecular weight excluding hydrogens is 356 g/mol. The quantitative estimate of drug-likeness (QED) is 0.734. The molecule has 1 aromatic heterocycles. The summed E-state index contributed by atoms with van der Waals surface area (Å²) in [4.78, 5) is 25.1. The molecule has 3 rings (SSSR count). The van der Waals surface area contributed by atoms with E-state index in [1.54, 1.807) is 25.1 Å². The number of rotatable bonds is 6. The number of nitrogens with zero attached hydrogens (tertiary/aromatic N) is 4. The Morgan fingerprint density at radius 3 is 2.82 bits per heavy atom. The highest BCUT2D eigenvalue weighted by atomic mass is 16.5. The third-order valence-corrected chi connectivity index (χ3v) is 5.07. The third kappa shape index (κ3) is 4.51. The van der Waals surface area contributed by atoms with Crippen LogP contribution in [0.4, 0.5) is 23.0 Å². The topological polar surface area (TPSA) is 96.6 Å². The molecule has 1 aliphatic heterocycles. The average Bonchev–Trinajstić information content (AvgIpc) is 2.70. The van der Waals surface area contributed by atoms with Crippen molar-refractivity contribution < 1.29 is 9.53 Å². The molecule has 2 aromatic rings. The minimum absolute atomic E-state index is 0.335. The SMILES string of the molecule is CCOC(=O)c1cccc(Nc2ncnc(N(C)C3CCN(C)CC3)c2N)c1. The number of carbonyl (C=O) groups is 1. The van der Waals surface area contributed by atoms with E-state index in [0.717, 1.165) is 25.9 Å². The van der Waals surface area contributed by atoms with Crippen LogP contribution in [0.1, 0.15) is 30.1 Å². The number of anilines is 4. The van der Waals surface area contributed by atoms with Crippen molar-refractivity contribution in [1.82, 2.24) is 14.9 Å². The molecule has 0 spiro atoms. The highest BCUT2D eigenvalue weighted by Gasteiger charge is 2.24. The molecule has 2 heterocycles. The predicted molar refractivity (Wildman–Crippen MR) is 111 cm³/mol. The van der Waals surface area contributed by atoms with E-state index >= 15 is 0 Å². The maximum Gasteiger partial charge on any atom is 0.338 e. The molecule has 8 nitrogen and oxygen atoms in total. The number of esters is 1. The van der Waals surface area contributed by atoms with Crippen molar-refractivity contribution in [1.29, 1.82) is 0 Å². The first-order valence-corrected chi connectivity index (χ1v) is 9.55. The average molecular weight is 384 g/mol. The number of nitrogens with two attached hydrogens (primary N) is 1. The van der Waals surface area contributed by atoms with Crippen molar-refractivity contribution in [2.24, 2.45) is 0 Å². The minimum atomic E-state index is -0.357. The van der Waals surface area contributed by atoms with Crippen molar-refractivity contribution in [3.05, 3.63) is 36.2 Å². The number of benzene rings is 1. The van der Waals surface area contributed by atoms with Crippen molar-refractivity contribution >= 4 is 29.0 Å². The highest BCUT2D eigenvalue weighted by Crippen LogP contribution is 2.30. The van der Waals surface area contributed by atoms with Crippen LogP contribution in [-0.2, 0) is 4.74 Å². The van der Waals surface area contributed by atoms with E-state index in [9.17, 15) is 4.79 Å². The van der Waals surface area contributed by atoms with Crippen LogP contribution < -0.4 is 16.0 Å². The zero-order valence-corrected chi connectivity index (χ0v) is 16.7. The summed E-state index contributed by atoms with van der Waals surface area (Å²) in [6.45, 7) is 4.24. The van der Waals surface area contributed by atoms with Crippen molar-refractivity contribution in [3.63, 3.8) is 0 Å². The van der Waals surface area contributed by atoms with Gasteiger partial charge in [0.2, 0.25) is 0 Å². The molecule has 3 N–H and O–H groups in total. The summed E-state index contributed by atoms with van der Waals surface area (Å²) in [5, 5.41) is 3.20. The molecule has 0 radical (unpaired) electrons. The molecule has 0 bridgehead atoms. The Bertz CT molecular complexity index is 820. The van der Waals surface area contributed by atoms with Gasteiger partial charge in [-0.25, -0.2) is 14.8 Å². The van der Waals surface area contributed by atoms with Crippen LogP contribution in [0.5, 0.6) is 0 Å². The minimum Gasteiger partial charge on any atom is -0.462 e. The van der Waals surface area contributed by atoms with Gasteiger partial charge in [-0.3, -0.25) is 0 Å². The molecule has 0 aliphatic carbocycles. The second-order valence-corrected chi connectivity index (χ2v) is 7.03. The van der Waals surface area contributed by atoms with Gasteiger partial charge in [0.05, 0.1) is 12.2 Å². The third-order valence-electron chi connectivity index (χ3n) is 5.07. The first-order valence-electron chi connectivity index (χ1n) is 9.55. The Hall–Kier alpha value is -2.87. The molecule has 1 aromatic carbocycles. The largest absolute Gasteiger partial charge is 0.462 e. The van der Waals surface area contributed by atoms with Crippen molar-refractivity contribution in [3.8, 4) is 0 Å². The number of nitrogen functional groups attached to an aromatic ring is 1. The summed E-state index contributed by atoms with van der Waals surface area (Å²) in [6, 6.07) is 7.47. The van der Waals surface area contributed by atoms with E-state index in [-0.39, 0.29) is 5.97 Å².